The second-order valence-electron chi connectivity index (χ2n) is 6.85. The van der Waals surface area contributed by atoms with E-state index in [0.29, 0.717) is 4.90 Å². The Morgan fingerprint density at radius 1 is 1.21 bits per heavy atom. The van der Waals surface area contributed by atoms with Crippen molar-refractivity contribution in [1.29, 1.82) is 0 Å². The summed E-state index contributed by atoms with van der Waals surface area (Å²) in [6, 6.07) is 2.86. The Hall–Kier alpha value is -2.72. The lowest BCUT2D eigenvalue weighted by molar-refractivity contribution is -0.143. The van der Waals surface area contributed by atoms with Gasteiger partial charge in [0.25, 0.3) is 11.8 Å². The lowest BCUT2D eigenvalue weighted by Gasteiger charge is -2.18. The van der Waals surface area contributed by atoms with Crippen LogP contribution in [0.4, 0.5) is 26.3 Å². The average Bonchev–Trinajstić information content (AvgIpc) is 3.14. The Balaban J connectivity index is 1.72. The molecule has 11 heteroatoms. The van der Waals surface area contributed by atoms with Crippen LogP contribution in [-0.2, 0) is 22.2 Å². The van der Waals surface area contributed by atoms with Gasteiger partial charge in [-0.25, -0.2) is 0 Å². The highest BCUT2D eigenvalue weighted by molar-refractivity contribution is 6.07. The van der Waals surface area contributed by atoms with E-state index < -0.39 is 66.6 Å². The van der Waals surface area contributed by atoms with Gasteiger partial charge in [-0.2, -0.15) is 26.3 Å². The third kappa shape index (κ3) is 4.33. The highest BCUT2D eigenvalue weighted by Crippen LogP contribution is 2.40. The van der Waals surface area contributed by atoms with Gasteiger partial charge in [-0.15, -0.1) is 0 Å². The zero-order chi connectivity index (χ0) is 21.6. The molecule has 1 aliphatic heterocycles. The molecular formula is C18H16F6N2O3. The van der Waals surface area contributed by atoms with Crippen LogP contribution in [0.25, 0.3) is 0 Å². The fraction of sp³-hybridized carbons (Fsp3) is 0.444. The van der Waals surface area contributed by atoms with E-state index in [9.17, 15) is 41.0 Å². The van der Waals surface area contributed by atoms with Crippen LogP contribution in [0.3, 0.4) is 0 Å². The van der Waals surface area contributed by atoms with E-state index in [1.165, 1.54) is 12.1 Å². The summed E-state index contributed by atoms with van der Waals surface area (Å²) < 4.78 is 76.4. The van der Waals surface area contributed by atoms with Crippen LogP contribution in [0.2, 0.25) is 0 Å². The molecule has 1 aliphatic carbocycles. The van der Waals surface area contributed by atoms with Crippen molar-refractivity contribution in [3.05, 3.63) is 46.2 Å². The number of rotatable bonds is 4. The fourth-order valence-corrected chi connectivity index (χ4v) is 3.55. The Morgan fingerprint density at radius 3 is 2.52 bits per heavy atom. The summed E-state index contributed by atoms with van der Waals surface area (Å²) in [4.78, 5) is 25.0. The van der Waals surface area contributed by atoms with Crippen LogP contribution in [0.1, 0.15) is 35.6 Å². The van der Waals surface area contributed by atoms with Crippen molar-refractivity contribution in [2.24, 2.45) is 0 Å². The van der Waals surface area contributed by atoms with E-state index in [2.05, 4.69) is 5.32 Å². The Kier molecular flexibility index (Phi) is 5.26. The first-order valence-corrected chi connectivity index (χ1v) is 8.66. The minimum absolute atomic E-state index is 0.0674. The van der Waals surface area contributed by atoms with Gasteiger partial charge >= 0.3 is 12.4 Å². The summed E-state index contributed by atoms with van der Waals surface area (Å²) in [6.45, 7) is -1.22. The fourth-order valence-electron chi connectivity index (χ4n) is 3.55. The van der Waals surface area contributed by atoms with Crippen LogP contribution in [0.5, 0.6) is 0 Å². The first-order chi connectivity index (χ1) is 13.4. The molecule has 0 saturated heterocycles. The number of hydrogen-bond acceptors (Lipinski definition) is 3. The highest BCUT2D eigenvalue weighted by Gasteiger charge is 2.40. The van der Waals surface area contributed by atoms with Crippen molar-refractivity contribution in [2.75, 3.05) is 13.1 Å². The molecule has 3 rings (SSSR count). The van der Waals surface area contributed by atoms with Gasteiger partial charge in [0.1, 0.15) is 0 Å². The second-order valence-corrected chi connectivity index (χ2v) is 6.85. The van der Waals surface area contributed by atoms with Gasteiger partial charge in [-0.3, -0.25) is 9.59 Å². The van der Waals surface area contributed by atoms with Crippen LogP contribution in [0, 0.1) is 0 Å². The Labute approximate surface area is 161 Å². The summed E-state index contributed by atoms with van der Waals surface area (Å²) in [5.41, 5.74) is -0.842. The van der Waals surface area contributed by atoms with E-state index >= 15 is 0 Å². The molecular weight excluding hydrogens is 406 g/mol. The summed E-state index contributed by atoms with van der Waals surface area (Å²) in [5.74, 6) is -2.95. The van der Waals surface area contributed by atoms with Gasteiger partial charge < -0.3 is 15.3 Å². The topological polar surface area (TPSA) is 69.6 Å². The lowest BCUT2D eigenvalue weighted by Crippen LogP contribution is -2.33. The number of aliphatic hydroxyl groups is 1. The number of nitrogens with one attached hydrogen (secondary N) is 1. The molecule has 0 fully saturated rings. The number of fused-ring (bicyclic) bond motifs is 1. The molecule has 1 heterocycles. The summed E-state index contributed by atoms with van der Waals surface area (Å²) >= 11 is 0. The van der Waals surface area contributed by atoms with Gasteiger partial charge in [-0.05, 0) is 30.0 Å². The van der Waals surface area contributed by atoms with Crippen molar-refractivity contribution in [3.63, 3.8) is 0 Å². The number of benzene rings is 1. The first kappa shape index (κ1) is 21.0. The van der Waals surface area contributed by atoms with Crippen molar-refractivity contribution >= 4 is 11.8 Å². The molecule has 1 aromatic carbocycles. The quantitative estimate of drug-likeness (QED) is 0.731. The molecule has 2 aliphatic rings. The van der Waals surface area contributed by atoms with Gasteiger partial charge in [0.15, 0.2) is 5.76 Å². The molecule has 0 spiro atoms. The molecule has 2 amide bonds. The van der Waals surface area contributed by atoms with Gasteiger partial charge in [-0.1, -0.05) is 12.1 Å². The molecule has 29 heavy (non-hydrogen) atoms. The maximum atomic E-state index is 13.1. The number of aliphatic hydroxyl groups excluding tert-OH is 1. The Morgan fingerprint density at radius 2 is 1.90 bits per heavy atom. The monoisotopic (exact) mass is 422 g/mol. The van der Waals surface area contributed by atoms with E-state index in [-0.39, 0.29) is 24.0 Å². The smallest absolute Gasteiger partial charge is 0.416 e. The molecule has 0 radical (unpaired) electrons. The van der Waals surface area contributed by atoms with Crippen molar-refractivity contribution < 1.29 is 41.0 Å². The zero-order valence-electron chi connectivity index (χ0n) is 14.8. The molecule has 0 aromatic heterocycles. The number of carbonyl (C=O) groups excluding carboxylic acids is 2. The van der Waals surface area contributed by atoms with Crippen LogP contribution in [0.15, 0.2) is 29.5 Å². The van der Waals surface area contributed by atoms with Crippen molar-refractivity contribution in [2.45, 2.75) is 37.7 Å². The molecule has 5 nitrogen and oxygen atoms in total. The summed E-state index contributed by atoms with van der Waals surface area (Å²) in [6.07, 6.45) is -10.1. The first-order valence-electron chi connectivity index (χ1n) is 8.66. The number of halogens is 6. The third-order valence-corrected chi connectivity index (χ3v) is 4.95. The minimum atomic E-state index is -4.54. The molecule has 0 saturated carbocycles. The predicted molar refractivity (Wildman–Crippen MR) is 87.6 cm³/mol. The third-order valence-electron chi connectivity index (χ3n) is 4.95. The zero-order valence-corrected chi connectivity index (χ0v) is 14.8. The average molecular weight is 422 g/mol. The van der Waals surface area contributed by atoms with Gasteiger partial charge in [0, 0.05) is 6.54 Å². The maximum Gasteiger partial charge on any atom is 0.416 e. The van der Waals surface area contributed by atoms with E-state index in [1.807, 2.05) is 0 Å². The molecule has 0 bridgehead atoms. The SMILES string of the molecule is O=C(N[C@@H]1CCc2c1cccc2C(F)(F)F)C1=C(O)C(=O)N(CCC(F)(F)F)C1. The molecule has 1 atom stereocenters. The van der Waals surface area contributed by atoms with Crippen LogP contribution >= 0.6 is 0 Å². The molecule has 1 aromatic rings. The highest BCUT2D eigenvalue weighted by atomic mass is 19.4. The second kappa shape index (κ2) is 7.27. The van der Waals surface area contributed by atoms with Crippen molar-refractivity contribution in [1.82, 2.24) is 10.2 Å². The lowest BCUT2D eigenvalue weighted by atomic mass is 10.0. The normalized spacial score (nSPS) is 19.7. The number of hydrogen-bond donors (Lipinski definition) is 2. The summed E-state index contributed by atoms with van der Waals surface area (Å²) in [5, 5.41) is 12.3. The standard InChI is InChI=1S/C18H16F6N2O3/c19-17(20,21)6-7-26-8-11(14(27)16(26)29)15(28)25-13-5-4-9-10(13)2-1-3-12(9)18(22,23)24/h1-3,13,27H,4-8H2,(H,25,28)/t13-/m1/s1. The van der Waals surface area contributed by atoms with Crippen molar-refractivity contribution in [3.8, 4) is 0 Å². The number of carbonyl (C=O) groups is 2. The summed E-state index contributed by atoms with van der Waals surface area (Å²) in [7, 11) is 0. The number of nitrogens with zero attached hydrogens (tertiary/aromatic N) is 1. The molecule has 2 N–H and O–H groups in total. The van der Waals surface area contributed by atoms with Gasteiger partial charge in [0.2, 0.25) is 0 Å². The predicted octanol–water partition coefficient (Wildman–Crippen LogP) is 3.42. The van der Waals surface area contributed by atoms with Gasteiger partial charge in [0.05, 0.1) is 30.1 Å². The molecule has 158 valence electrons. The minimum Gasteiger partial charge on any atom is -0.503 e. The molecule has 0 unspecified atom stereocenters. The number of alkyl halides is 6. The van der Waals surface area contributed by atoms with E-state index in [1.54, 1.807) is 0 Å². The van der Waals surface area contributed by atoms with E-state index in [4.69, 9.17) is 0 Å². The van der Waals surface area contributed by atoms with E-state index in [0.717, 1.165) is 6.07 Å². The number of amides is 2. The maximum absolute atomic E-state index is 13.1. The largest absolute Gasteiger partial charge is 0.503 e. The van der Waals surface area contributed by atoms with Crippen LogP contribution < -0.4 is 5.32 Å². The Bertz CT molecular complexity index is 875. The van der Waals surface area contributed by atoms with Crippen LogP contribution in [-0.4, -0.2) is 41.1 Å².